The Balaban J connectivity index is 2.15. The molecule has 2 atom stereocenters. The molecular formula is C14H23N3O. The molecule has 100 valence electrons. The monoisotopic (exact) mass is 249 g/mol. The number of hydrogen-bond donors (Lipinski definition) is 1. The molecule has 2 rings (SSSR count). The van der Waals surface area contributed by atoms with E-state index in [1.54, 1.807) is 0 Å². The normalized spacial score (nSPS) is 21.9. The molecular weight excluding hydrogens is 226 g/mol. The van der Waals surface area contributed by atoms with Gasteiger partial charge in [0.25, 0.3) is 0 Å². The SMILES string of the molecule is CCOC1CCCN(c2ncccc2[C@H](C)N)C1. The second-order valence-electron chi connectivity index (χ2n) is 4.87. The zero-order chi connectivity index (χ0) is 13.0. The Labute approximate surface area is 109 Å². The number of ether oxygens (including phenoxy) is 1. The Morgan fingerprint density at radius 2 is 2.44 bits per heavy atom. The molecule has 0 saturated carbocycles. The number of nitrogens with two attached hydrogens (primary N) is 1. The average molecular weight is 249 g/mol. The Bertz CT molecular complexity index is 379. The highest BCUT2D eigenvalue weighted by molar-refractivity contribution is 5.48. The predicted molar refractivity (Wildman–Crippen MR) is 73.7 cm³/mol. The number of anilines is 1. The van der Waals surface area contributed by atoms with Crippen molar-refractivity contribution in [3.63, 3.8) is 0 Å². The third-order valence-corrected chi connectivity index (χ3v) is 3.39. The minimum absolute atomic E-state index is 0.0150. The predicted octanol–water partition coefficient (Wildman–Crippen LogP) is 2.11. The van der Waals surface area contributed by atoms with Crippen LogP contribution in [0.25, 0.3) is 0 Å². The lowest BCUT2D eigenvalue weighted by atomic mass is 10.1. The highest BCUT2D eigenvalue weighted by atomic mass is 16.5. The molecule has 1 unspecified atom stereocenters. The van der Waals surface area contributed by atoms with E-state index in [0.717, 1.165) is 43.9 Å². The molecule has 4 nitrogen and oxygen atoms in total. The maximum Gasteiger partial charge on any atom is 0.133 e. The van der Waals surface area contributed by atoms with Gasteiger partial charge in [0.15, 0.2) is 0 Å². The average Bonchev–Trinajstić information content (AvgIpc) is 2.39. The van der Waals surface area contributed by atoms with Gasteiger partial charge in [-0.1, -0.05) is 6.07 Å². The summed E-state index contributed by atoms with van der Waals surface area (Å²) in [5, 5.41) is 0. The van der Waals surface area contributed by atoms with Crippen molar-refractivity contribution < 1.29 is 4.74 Å². The van der Waals surface area contributed by atoms with E-state index in [0.29, 0.717) is 6.10 Å². The van der Waals surface area contributed by atoms with E-state index in [-0.39, 0.29) is 6.04 Å². The van der Waals surface area contributed by atoms with Crippen molar-refractivity contribution in [2.24, 2.45) is 5.73 Å². The first kappa shape index (κ1) is 13.3. The van der Waals surface area contributed by atoms with Crippen LogP contribution < -0.4 is 10.6 Å². The lowest BCUT2D eigenvalue weighted by Gasteiger charge is -2.34. The van der Waals surface area contributed by atoms with Crippen LogP contribution >= 0.6 is 0 Å². The summed E-state index contributed by atoms with van der Waals surface area (Å²) in [4.78, 5) is 6.82. The number of hydrogen-bond acceptors (Lipinski definition) is 4. The number of pyridine rings is 1. The van der Waals surface area contributed by atoms with Gasteiger partial charge in [-0.05, 0) is 32.8 Å². The molecule has 18 heavy (non-hydrogen) atoms. The third-order valence-electron chi connectivity index (χ3n) is 3.39. The Hall–Kier alpha value is -1.13. The van der Waals surface area contributed by atoms with Gasteiger partial charge in [0, 0.05) is 37.5 Å². The molecule has 1 aromatic rings. The Kier molecular flexibility index (Phi) is 4.55. The van der Waals surface area contributed by atoms with Gasteiger partial charge < -0.3 is 15.4 Å². The number of piperidine rings is 1. The van der Waals surface area contributed by atoms with Crippen LogP contribution in [0.4, 0.5) is 5.82 Å². The topological polar surface area (TPSA) is 51.4 Å². The molecule has 0 spiro atoms. The van der Waals surface area contributed by atoms with Crippen molar-refractivity contribution in [2.75, 3.05) is 24.6 Å². The van der Waals surface area contributed by atoms with Crippen molar-refractivity contribution in [1.29, 1.82) is 0 Å². The first-order valence-corrected chi connectivity index (χ1v) is 6.79. The summed E-state index contributed by atoms with van der Waals surface area (Å²) in [6, 6.07) is 4.03. The lowest BCUT2D eigenvalue weighted by Crippen LogP contribution is -2.40. The molecule has 1 aliphatic rings. The van der Waals surface area contributed by atoms with Crippen molar-refractivity contribution >= 4 is 5.82 Å². The molecule has 0 aliphatic carbocycles. The van der Waals surface area contributed by atoms with E-state index in [2.05, 4.69) is 16.0 Å². The smallest absolute Gasteiger partial charge is 0.133 e. The molecule has 2 heterocycles. The quantitative estimate of drug-likeness (QED) is 0.888. The minimum atomic E-state index is 0.0150. The van der Waals surface area contributed by atoms with Gasteiger partial charge >= 0.3 is 0 Å². The molecule has 0 radical (unpaired) electrons. The lowest BCUT2D eigenvalue weighted by molar-refractivity contribution is 0.0524. The van der Waals surface area contributed by atoms with E-state index in [9.17, 15) is 0 Å². The summed E-state index contributed by atoms with van der Waals surface area (Å²) in [5.41, 5.74) is 7.14. The summed E-state index contributed by atoms with van der Waals surface area (Å²) < 4.78 is 5.73. The second-order valence-corrected chi connectivity index (χ2v) is 4.87. The van der Waals surface area contributed by atoms with Gasteiger partial charge in [-0.25, -0.2) is 4.98 Å². The van der Waals surface area contributed by atoms with E-state index in [4.69, 9.17) is 10.5 Å². The van der Waals surface area contributed by atoms with Crippen LogP contribution in [0.5, 0.6) is 0 Å². The van der Waals surface area contributed by atoms with Gasteiger partial charge in [-0.2, -0.15) is 0 Å². The van der Waals surface area contributed by atoms with Crippen LogP contribution in [0.15, 0.2) is 18.3 Å². The zero-order valence-electron chi connectivity index (χ0n) is 11.3. The number of aromatic nitrogens is 1. The van der Waals surface area contributed by atoms with Crippen molar-refractivity contribution in [1.82, 2.24) is 4.98 Å². The number of rotatable bonds is 4. The molecule has 4 heteroatoms. The highest BCUT2D eigenvalue weighted by Crippen LogP contribution is 2.26. The van der Waals surface area contributed by atoms with Crippen LogP contribution in [-0.2, 0) is 4.74 Å². The van der Waals surface area contributed by atoms with Crippen LogP contribution in [0, 0.1) is 0 Å². The van der Waals surface area contributed by atoms with Crippen molar-refractivity contribution in [3.8, 4) is 0 Å². The van der Waals surface area contributed by atoms with E-state index >= 15 is 0 Å². The molecule has 1 aromatic heterocycles. The number of nitrogens with zero attached hydrogens (tertiary/aromatic N) is 2. The standard InChI is InChI=1S/C14H23N3O/c1-3-18-12-6-5-9-17(10-12)14-13(11(2)15)7-4-8-16-14/h4,7-8,11-12H,3,5-6,9-10,15H2,1-2H3/t11-,12?/m0/s1. The van der Waals surface area contributed by atoms with Gasteiger partial charge in [0.2, 0.25) is 0 Å². The first-order chi connectivity index (χ1) is 8.72. The Morgan fingerprint density at radius 1 is 1.61 bits per heavy atom. The van der Waals surface area contributed by atoms with Gasteiger partial charge in [-0.15, -0.1) is 0 Å². The van der Waals surface area contributed by atoms with Crippen LogP contribution in [-0.4, -0.2) is 30.8 Å². The van der Waals surface area contributed by atoms with Gasteiger partial charge in [0.1, 0.15) is 5.82 Å². The molecule has 0 aromatic carbocycles. The van der Waals surface area contributed by atoms with E-state index < -0.39 is 0 Å². The fourth-order valence-corrected chi connectivity index (χ4v) is 2.53. The van der Waals surface area contributed by atoms with Crippen molar-refractivity contribution in [3.05, 3.63) is 23.9 Å². The van der Waals surface area contributed by atoms with Crippen molar-refractivity contribution in [2.45, 2.75) is 38.8 Å². The second kappa shape index (κ2) is 6.16. The molecule has 0 bridgehead atoms. The molecule has 0 amide bonds. The van der Waals surface area contributed by atoms with Gasteiger partial charge in [-0.3, -0.25) is 0 Å². The summed E-state index contributed by atoms with van der Waals surface area (Å²) in [6.45, 7) is 6.79. The summed E-state index contributed by atoms with van der Waals surface area (Å²) in [5.74, 6) is 1.02. The van der Waals surface area contributed by atoms with Crippen LogP contribution in [0.3, 0.4) is 0 Å². The molecule has 1 fully saturated rings. The summed E-state index contributed by atoms with van der Waals surface area (Å²) in [6.07, 6.45) is 4.46. The fourth-order valence-electron chi connectivity index (χ4n) is 2.53. The third kappa shape index (κ3) is 3.00. The largest absolute Gasteiger partial charge is 0.377 e. The molecule has 1 aliphatic heterocycles. The maximum absolute atomic E-state index is 6.02. The summed E-state index contributed by atoms with van der Waals surface area (Å²) >= 11 is 0. The molecule has 1 saturated heterocycles. The van der Waals surface area contributed by atoms with E-state index in [1.807, 2.05) is 26.1 Å². The highest BCUT2D eigenvalue weighted by Gasteiger charge is 2.23. The zero-order valence-corrected chi connectivity index (χ0v) is 11.3. The van der Waals surface area contributed by atoms with Crippen LogP contribution in [0.2, 0.25) is 0 Å². The van der Waals surface area contributed by atoms with E-state index in [1.165, 1.54) is 0 Å². The Morgan fingerprint density at radius 3 is 3.17 bits per heavy atom. The maximum atomic E-state index is 6.02. The van der Waals surface area contributed by atoms with Gasteiger partial charge in [0.05, 0.1) is 6.10 Å². The summed E-state index contributed by atoms with van der Waals surface area (Å²) in [7, 11) is 0. The fraction of sp³-hybridized carbons (Fsp3) is 0.643. The minimum Gasteiger partial charge on any atom is -0.377 e. The molecule has 2 N–H and O–H groups in total. The van der Waals surface area contributed by atoms with Crippen LogP contribution in [0.1, 0.15) is 38.3 Å². The first-order valence-electron chi connectivity index (χ1n) is 6.79.